The Bertz CT molecular complexity index is 1990. The maximum Gasteiger partial charge on any atom is 0.474 e. The molecule has 2 rings (SSSR count). The molecule has 2 fully saturated rings. The Morgan fingerprint density at radius 3 is 1.78 bits per heavy atom. The van der Waals surface area contributed by atoms with Crippen LogP contribution in [0.15, 0.2) is 0 Å². The Labute approximate surface area is 459 Å². The first-order chi connectivity index (χ1) is 36.3. The molecule has 6 N–H and O–H groups in total. The standard InChI is InChI=1S/C52H90N3O22P/c1-29(2)17-16-19-30(3)20-21-32(5)22-25-52(11,12)24-15-14-18-31(4)23-26-67-39(48(62)66-13)28-69-78(64,65)77-50-46(44(76-51(54)63)43(72-37(10)60)45(74-50)47(53)61)75-49-40(55-33(6)56)42(71-36(9)59)41(70-35(8)58)38(73-49)27-68-34(7)57/h29-32,38-46,49-50H,14-28H2,1-13H3,(H2,53,61)(H2,54,63)(H,55,56)(H,64,65)/t30?,31?,32?,38-,39-,40-,41-,42-,43-,44+,45+,46-,49+,50-/m1/s1. The van der Waals surface area contributed by atoms with E-state index >= 15 is 0 Å². The van der Waals surface area contributed by atoms with Crippen LogP contribution in [0.4, 0.5) is 4.79 Å². The Hall–Kier alpha value is -4.49. The van der Waals surface area contributed by atoms with Gasteiger partial charge >= 0.3 is 43.8 Å². The van der Waals surface area contributed by atoms with Crippen LogP contribution in [0.3, 0.4) is 0 Å². The van der Waals surface area contributed by atoms with Crippen LogP contribution in [0.1, 0.15) is 160 Å². The van der Waals surface area contributed by atoms with Crippen molar-refractivity contribution in [2.45, 2.75) is 228 Å². The summed E-state index contributed by atoms with van der Waals surface area (Å²) in [4.78, 5) is 112. The minimum absolute atomic E-state index is 0.0220. The van der Waals surface area contributed by atoms with Crippen molar-refractivity contribution in [1.29, 1.82) is 0 Å². The van der Waals surface area contributed by atoms with E-state index in [2.05, 4.69) is 46.9 Å². The largest absolute Gasteiger partial charge is 0.474 e. The van der Waals surface area contributed by atoms with Gasteiger partial charge in [0.15, 0.2) is 55.3 Å². The number of rotatable bonds is 35. The SMILES string of the molecule is COC(=O)[C@@H](COP(=O)(O)O[C@H]1O[C@H](C(N)=O)[C@H](OC(C)=O)[C@H](OC(N)=O)[C@H]1O[C@@H]1O[C@H](COC(C)=O)[C@@H](OC(C)=O)[C@H](OC(C)=O)[C@H]1NC(C)=O)OCCC(C)CCCCC(C)(C)CCC(C)CCC(C)CCCC(C)C. The topological polar surface area (TPSA) is 349 Å². The van der Waals surface area contributed by atoms with Gasteiger partial charge in [0.2, 0.25) is 5.91 Å². The number of amides is 3. The molecule has 0 saturated carbocycles. The van der Waals surface area contributed by atoms with Gasteiger partial charge < -0.3 is 69.0 Å². The summed E-state index contributed by atoms with van der Waals surface area (Å²) in [6, 6.07) is -1.72. The van der Waals surface area contributed by atoms with Gasteiger partial charge in [0.25, 0.3) is 5.91 Å². The zero-order chi connectivity index (χ0) is 59.1. The summed E-state index contributed by atoms with van der Waals surface area (Å²) in [5, 5.41) is 2.44. The number of unbranched alkanes of at least 4 members (excludes halogenated alkanes) is 1. The van der Waals surface area contributed by atoms with E-state index in [0.29, 0.717) is 12.3 Å². The normalized spacial score (nSPS) is 25.7. The third-order valence-corrected chi connectivity index (χ3v) is 14.4. The number of hydrogen-bond donors (Lipinski definition) is 4. The van der Waals surface area contributed by atoms with Crippen molar-refractivity contribution in [1.82, 2.24) is 5.32 Å². The summed E-state index contributed by atoms with van der Waals surface area (Å²) in [5.74, 6) is -4.69. The van der Waals surface area contributed by atoms with Crippen molar-refractivity contribution in [2.75, 3.05) is 26.9 Å². The van der Waals surface area contributed by atoms with Crippen LogP contribution in [0.5, 0.6) is 0 Å². The molecule has 3 amide bonds. The number of ether oxygens (including phenoxy) is 10. The van der Waals surface area contributed by atoms with Gasteiger partial charge in [-0.05, 0) is 48.3 Å². The third kappa shape index (κ3) is 26.2. The summed E-state index contributed by atoms with van der Waals surface area (Å²) >= 11 is 0. The predicted octanol–water partition coefficient (Wildman–Crippen LogP) is 5.60. The number of phosphoric ester groups is 1. The monoisotopic (exact) mass is 1140 g/mol. The van der Waals surface area contributed by atoms with Gasteiger partial charge in [0.1, 0.15) is 18.8 Å². The van der Waals surface area contributed by atoms with Gasteiger partial charge in [-0.3, -0.25) is 37.8 Å². The highest BCUT2D eigenvalue weighted by molar-refractivity contribution is 7.47. The molecule has 0 radical (unpaired) electrons. The molecule has 0 bridgehead atoms. The average Bonchev–Trinajstić information content (AvgIpc) is 3.31. The van der Waals surface area contributed by atoms with Gasteiger partial charge in [0.05, 0.1) is 13.7 Å². The zero-order valence-corrected chi connectivity index (χ0v) is 48.8. The van der Waals surface area contributed by atoms with E-state index in [4.69, 9.17) is 67.9 Å². The van der Waals surface area contributed by atoms with E-state index in [1.807, 2.05) is 6.92 Å². The first-order valence-electron chi connectivity index (χ1n) is 26.8. The number of phosphoric acid groups is 1. The number of hydrogen-bond acceptors (Lipinski definition) is 21. The molecule has 0 spiro atoms. The maximum absolute atomic E-state index is 13.9. The minimum Gasteiger partial charge on any atom is -0.467 e. The fourth-order valence-electron chi connectivity index (χ4n) is 9.21. The molecule has 450 valence electrons. The second kappa shape index (κ2) is 33.9. The Morgan fingerprint density at radius 1 is 0.654 bits per heavy atom. The molecule has 26 heteroatoms. The summed E-state index contributed by atoms with van der Waals surface area (Å²) in [6.45, 7) is 19.3. The highest BCUT2D eigenvalue weighted by atomic mass is 31.2. The highest BCUT2D eigenvalue weighted by Crippen LogP contribution is 2.48. The molecule has 2 saturated heterocycles. The Kier molecular flexibility index (Phi) is 30.3. The lowest BCUT2D eigenvalue weighted by Gasteiger charge is -2.48. The van der Waals surface area contributed by atoms with E-state index in [1.54, 1.807) is 0 Å². The fraction of sp³-hybridized carbons (Fsp3) is 0.846. The molecule has 0 aromatic heterocycles. The van der Waals surface area contributed by atoms with Crippen LogP contribution in [0.25, 0.3) is 0 Å². The van der Waals surface area contributed by atoms with Crippen molar-refractivity contribution in [2.24, 2.45) is 40.6 Å². The number of nitrogens with two attached hydrogens (primary N) is 2. The molecule has 2 heterocycles. The van der Waals surface area contributed by atoms with Gasteiger partial charge in [-0.2, -0.15) is 0 Å². The highest BCUT2D eigenvalue weighted by Gasteiger charge is 2.59. The maximum atomic E-state index is 13.9. The fourth-order valence-corrected chi connectivity index (χ4v) is 10.0. The lowest BCUT2D eigenvalue weighted by Crippen LogP contribution is -2.70. The Balaban J connectivity index is 2.31. The summed E-state index contributed by atoms with van der Waals surface area (Å²) < 4.78 is 79.7. The molecular weight excluding hydrogens is 1050 g/mol. The first-order valence-corrected chi connectivity index (χ1v) is 28.3. The van der Waals surface area contributed by atoms with E-state index in [9.17, 15) is 47.8 Å². The third-order valence-electron chi connectivity index (χ3n) is 13.5. The van der Waals surface area contributed by atoms with Gasteiger partial charge in [-0.1, -0.05) is 106 Å². The van der Waals surface area contributed by atoms with Crippen molar-refractivity contribution < 1.29 is 104 Å². The molecule has 15 atom stereocenters. The van der Waals surface area contributed by atoms with E-state index in [0.717, 1.165) is 85.7 Å². The quantitative estimate of drug-likeness (QED) is 0.0260. The van der Waals surface area contributed by atoms with Crippen molar-refractivity contribution in [3.05, 3.63) is 0 Å². The molecule has 0 aliphatic carbocycles. The molecule has 4 unspecified atom stereocenters. The second-order valence-corrected chi connectivity index (χ2v) is 23.2. The molecule has 78 heavy (non-hydrogen) atoms. The number of carbonyl (C=O) groups excluding carboxylic acids is 8. The number of nitrogens with one attached hydrogen (secondary N) is 1. The van der Waals surface area contributed by atoms with E-state index in [1.165, 1.54) is 38.5 Å². The summed E-state index contributed by atoms with van der Waals surface area (Å²) in [5.41, 5.74) is 11.2. The molecule has 0 aromatic carbocycles. The molecule has 2 aliphatic heterocycles. The smallest absolute Gasteiger partial charge is 0.467 e. The number of primary amides is 2. The Morgan fingerprint density at radius 2 is 1.23 bits per heavy atom. The lowest BCUT2D eigenvalue weighted by atomic mass is 9.79. The van der Waals surface area contributed by atoms with Gasteiger partial charge in [0, 0.05) is 41.2 Å². The number of esters is 5. The van der Waals surface area contributed by atoms with Crippen molar-refractivity contribution >= 4 is 55.6 Å². The lowest BCUT2D eigenvalue weighted by molar-refractivity contribution is -0.340. The number of methoxy groups -OCH3 is 1. The van der Waals surface area contributed by atoms with Gasteiger partial charge in [-0.15, -0.1) is 0 Å². The second-order valence-electron chi connectivity index (χ2n) is 21.8. The molecule has 2 aliphatic rings. The zero-order valence-electron chi connectivity index (χ0n) is 47.9. The molecular formula is C52H90N3O22P. The van der Waals surface area contributed by atoms with Crippen molar-refractivity contribution in [3.63, 3.8) is 0 Å². The van der Waals surface area contributed by atoms with Crippen LogP contribution in [0, 0.1) is 29.1 Å². The van der Waals surface area contributed by atoms with Crippen LogP contribution < -0.4 is 16.8 Å². The minimum atomic E-state index is -5.58. The van der Waals surface area contributed by atoms with E-state index < -0.39 is 136 Å². The summed E-state index contributed by atoms with van der Waals surface area (Å²) in [7, 11) is -4.51. The van der Waals surface area contributed by atoms with E-state index in [-0.39, 0.29) is 17.9 Å². The summed E-state index contributed by atoms with van der Waals surface area (Å²) in [6.07, 6.45) is -7.91. The van der Waals surface area contributed by atoms with Crippen LogP contribution in [-0.4, -0.2) is 147 Å². The van der Waals surface area contributed by atoms with Crippen LogP contribution >= 0.6 is 7.82 Å². The van der Waals surface area contributed by atoms with Crippen LogP contribution in [0.2, 0.25) is 0 Å². The molecule has 25 nitrogen and oxygen atoms in total. The van der Waals surface area contributed by atoms with Crippen LogP contribution in [-0.2, 0) is 94.5 Å². The average molecular weight is 1140 g/mol. The molecule has 0 aromatic rings. The first kappa shape index (κ1) is 69.6. The van der Waals surface area contributed by atoms with Crippen molar-refractivity contribution in [3.8, 4) is 0 Å². The predicted molar refractivity (Wildman–Crippen MR) is 277 cm³/mol. The number of carbonyl (C=O) groups is 8. The van der Waals surface area contributed by atoms with Gasteiger partial charge in [-0.25, -0.2) is 14.2 Å².